The quantitative estimate of drug-likeness (QED) is 0.900. The summed E-state index contributed by atoms with van der Waals surface area (Å²) in [6.07, 6.45) is 0. The highest BCUT2D eigenvalue weighted by Crippen LogP contribution is 2.24. The van der Waals surface area contributed by atoms with Crippen LogP contribution in [0.4, 0.5) is 4.39 Å². The third-order valence-electron chi connectivity index (χ3n) is 3.67. The van der Waals surface area contributed by atoms with Gasteiger partial charge in [-0.3, -0.25) is 4.79 Å². The van der Waals surface area contributed by atoms with Gasteiger partial charge in [0.1, 0.15) is 11.6 Å². The van der Waals surface area contributed by atoms with Gasteiger partial charge in [-0.25, -0.2) is 4.39 Å². The van der Waals surface area contributed by atoms with Crippen LogP contribution < -0.4 is 10.5 Å². The van der Waals surface area contributed by atoms with E-state index in [0.717, 1.165) is 13.1 Å². The summed E-state index contributed by atoms with van der Waals surface area (Å²) in [5, 5.41) is 0. The van der Waals surface area contributed by atoms with Gasteiger partial charge in [0, 0.05) is 37.8 Å². The van der Waals surface area contributed by atoms with Crippen molar-refractivity contribution in [3.8, 4) is 5.75 Å². The van der Waals surface area contributed by atoms with E-state index >= 15 is 0 Å². The van der Waals surface area contributed by atoms with E-state index < -0.39 is 0 Å². The van der Waals surface area contributed by atoms with Crippen molar-refractivity contribution in [1.82, 2.24) is 9.80 Å². The average Bonchev–Trinajstić information content (AvgIpc) is 2.46. The minimum atomic E-state index is -0.361. The van der Waals surface area contributed by atoms with E-state index in [1.165, 1.54) is 18.2 Å². The molecular formula is C15H22FN3O2. The molecule has 1 saturated heterocycles. The zero-order valence-corrected chi connectivity index (χ0v) is 12.5. The number of halogens is 1. The van der Waals surface area contributed by atoms with Crippen molar-refractivity contribution < 1.29 is 13.9 Å². The molecule has 1 aliphatic rings. The Bertz CT molecular complexity index is 500. The first kappa shape index (κ1) is 15.7. The van der Waals surface area contributed by atoms with Gasteiger partial charge in [0.15, 0.2) is 6.61 Å². The Kier molecular flexibility index (Phi) is 5.14. The zero-order chi connectivity index (χ0) is 15.4. The van der Waals surface area contributed by atoms with Crippen molar-refractivity contribution in [1.29, 1.82) is 0 Å². The number of likely N-dealkylation sites (N-methyl/N-ethyl adjacent to an activating group) is 1. The first-order chi connectivity index (χ1) is 9.97. The summed E-state index contributed by atoms with van der Waals surface area (Å²) in [5.41, 5.74) is 6.37. The number of nitrogens with two attached hydrogens (primary N) is 1. The van der Waals surface area contributed by atoms with E-state index in [4.69, 9.17) is 10.5 Å². The van der Waals surface area contributed by atoms with Crippen LogP contribution in [0.15, 0.2) is 18.2 Å². The molecule has 1 fully saturated rings. The van der Waals surface area contributed by atoms with Gasteiger partial charge in [0.25, 0.3) is 5.91 Å². The normalized spacial score (nSPS) is 17.6. The van der Waals surface area contributed by atoms with Crippen LogP contribution in [-0.4, -0.2) is 55.5 Å². The van der Waals surface area contributed by atoms with Crippen LogP contribution in [0.25, 0.3) is 0 Å². The molecule has 0 saturated carbocycles. The first-order valence-electron chi connectivity index (χ1n) is 7.11. The Morgan fingerprint density at radius 3 is 2.67 bits per heavy atom. The predicted molar refractivity (Wildman–Crippen MR) is 78.6 cm³/mol. The molecule has 1 amide bonds. The Hall–Kier alpha value is -1.66. The number of piperazine rings is 1. The standard InChI is InChI=1S/C15H22FN3O2/c1-11(17)13-9-12(16)3-4-14(13)21-10-15(20)19-7-5-18(2)6-8-19/h3-4,9,11H,5-8,10,17H2,1-2H3/t11-/m0/s1. The lowest BCUT2D eigenvalue weighted by atomic mass is 10.1. The number of hydrogen-bond acceptors (Lipinski definition) is 4. The smallest absolute Gasteiger partial charge is 0.260 e. The monoisotopic (exact) mass is 295 g/mol. The molecule has 116 valence electrons. The molecule has 0 unspecified atom stereocenters. The Labute approximate surface area is 124 Å². The maximum absolute atomic E-state index is 13.2. The number of hydrogen-bond donors (Lipinski definition) is 1. The molecule has 2 rings (SSSR count). The van der Waals surface area contributed by atoms with Crippen LogP contribution in [0.1, 0.15) is 18.5 Å². The van der Waals surface area contributed by atoms with Crippen molar-refractivity contribution in [2.24, 2.45) is 5.73 Å². The van der Waals surface area contributed by atoms with Crippen molar-refractivity contribution in [3.63, 3.8) is 0 Å². The van der Waals surface area contributed by atoms with E-state index in [1.807, 2.05) is 7.05 Å². The summed E-state index contributed by atoms with van der Waals surface area (Å²) >= 11 is 0. The highest BCUT2D eigenvalue weighted by molar-refractivity contribution is 5.78. The van der Waals surface area contributed by atoms with Crippen molar-refractivity contribution in [2.75, 3.05) is 39.8 Å². The number of nitrogens with zero attached hydrogens (tertiary/aromatic N) is 2. The second-order valence-corrected chi connectivity index (χ2v) is 5.44. The highest BCUT2D eigenvalue weighted by atomic mass is 19.1. The second-order valence-electron chi connectivity index (χ2n) is 5.44. The van der Waals surface area contributed by atoms with Crippen molar-refractivity contribution >= 4 is 5.91 Å². The van der Waals surface area contributed by atoms with Crippen LogP contribution >= 0.6 is 0 Å². The lowest BCUT2D eigenvalue weighted by Crippen LogP contribution is -2.48. The van der Waals surface area contributed by atoms with Crippen LogP contribution in [0.2, 0.25) is 0 Å². The van der Waals surface area contributed by atoms with Crippen molar-refractivity contribution in [2.45, 2.75) is 13.0 Å². The summed E-state index contributed by atoms with van der Waals surface area (Å²) in [5.74, 6) is 0.0528. The third-order valence-corrected chi connectivity index (χ3v) is 3.67. The number of carbonyl (C=O) groups is 1. The summed E-state index contributed by atoms with van der Waals surface area (Å²) in [6.45, 7) is 4.87. The SMILES string of the molecule is C[C@H](N)c1cc(F)ccc1OCC(=O)N1CCN(C)CC1. The maximum atomic E-state index is 13.2. The molecule has 21 heavy (non-hydrogen) atoms. The van der Waals surface area contributed by atoms with Gasteiger partial charge < -0.3 is 20.3 Å². The van der Waals surface area contributed by atoms with E-state index in [9.17, 15) is 9.18 Å². The summed E-state index contributed by atoms with van der Waals surface area (Å²) in [4.78, 5) is 16.1. The lowest BCUT2D eigenvalue weighted by Gasteiger charge is -2.32. The molecule has 5 nitrogen and oxygen atoms in total. The molecule has 0 aromatic heterocycles. The number of carbonyl (C=O) groups excluding carboxylic acids is 1. The molecule has 1 aromatic carbocycles. The van der Waals surface area contributed by atoms with Gasteiger partial charge in [-0.2, -0.15) is 0 Å². The Balaban J connectivity index is 1.95. The Morgan fingerprint density at radius 2 is 2.05 bits per heavy atom. The van der Waals surface area contributed by atoms with E-state index in [0.29, 0.717) is 24.4 Å². The zero-order valence-electron chi connectivity index (χ0n) is 12.5. The lowest BCUT2D eigenvalue weighted by molar-refractivity contribution is -0.134. The predicted octanol–water partition coefficient (Wildman–Crippen LogP) is 0.998. The molecule has 0 spiro atoms. The fraction of sp³-hybridized carbons (Fsp3) is 0.533. The fourth-order valence-corrected chi connectivity index (χ4v) is 2.29. The minimum Gasteiger partial charge on any atom is -0.483 e. The van der Waals surface area contributed by atoms with Gasteiger partial charge in [-0.15, -0.1) is 0 Å². The van der Waals surface area contributed by atoms with Crippen LogP contribution in [0.5, 0.6) is 5.75 Å². The van der Waals surface area contributed by atoms with E-state index in [2.05, 4.69) is 4.90 Å². The number of ether oxygens (including phenoxy) is 1. The third kappa shape index (κ3) is 4.15. The molecule has 1 atom stereocenters. The molecule has 6 heteroatoms. The molecular weight excluding hydrogens is 273 g/mol. The van der Waals surface area contributed by atoms with E-state index in [1.54, 1.807) is 11.8 Å². The largest absolute Gasteiger partial charge is 0.483 e. The molecule has 0 bridgehead atoms. The summed E-state index contributed by atoms with van der Waals surface area (Å²) < 4.78 is 18.8. The fourth-order valence-electron chi connectivity index (χ4n) is 2.29. The number of benzene rings is 1. The molecule has 2 N–H and O–H groups in total. The second kappa shape index (κ2) is 6.87. The average molecular weight is 295 g/mol. The number of rotatable bonds is 4. The molecule has 0 aliphatic carbocycles. The Morgan fingerprint density at radius 1 is 1.38 bits per heavy atom. The van der Waals surface area contributed by atoms with E-state index in [-0.39, 0.29) is 24.4 Å². The van der Waals surface area contributed by atoms with Crippen LogP contribution in [0.3, 0.4) is 0 Å². The van der Waals surface area contributed by atoms with Gasteiger partial charge in [-0.1, -0.05) is 0 Å². The first-order valence-corrected chi connectivity index (χ1v) is 7.11. The topological polar surface area (TPSA) is 58.8 Å². The van der Waals surface area contributed by atoms with Gasteiger partial charge in [-0.05, 0) is 32.2 Å². The molecule has 1 heterocycles. The molecule has 0 radical (unpaired) electrons. The number of amides is 1. The summed E-state index contributed by atoms with van der Waals surface area (Å²) in [6, 6.07) is 3.82. The van der Waals surface area contributed by atoms with Crippen LogP contribution in [-0.2, 0) is 4.79 Å². The minimum absolute atomic E-state index is 0.0466. The summed E-state index contributed by atoms with van der Waals surface area (Å²) in [7, 11) is 2.03. The molecule has 1 aromatic rings. The maximum Gasteiger partial charge on any atom is 0.260 e. The highest BCUT2D eigenvalue weighted by Gasteiger charge is 2.20. The van der Waals surface area contributed by atoms with Crippen molar-refractivity contribution in [3.05, 3.63) is 29.6 Å². The van der Waals surface area contributed by atoms with Crippen LogP contribution in [0, 0.1) is 5.82 Å². The van der Waals surface area contributed by atoms with Gasteiger partial charge in [0.05, 0.1) is 0 Å². The molecule has 1 aliphatic heterocycles. The van der Waals surface area contributed by atoms with Gasteiger partial charge >= 0.3 is 0 Å². The van der Waals surface area contributed by atoms with Gasteiger partial charge in [0.2, 0.25) is 0 Å².